The normalized spacial score (nSPS) is 12.1. The van der Waals surface area contributed by atoms with Gasteiger partial charge in [0.2, 0.25) is 6.79 Å². The van der Waals surface area contributed by atoms with E-state index < -0.39 is 0 Å². The Morgan fingerprint density at radius 3 is 2.78 bits per heavy atom. The molecule has 1 amide bonds. The minimum Gasteiger partial charge on any atom is -0.493 e. The summed E-state index contributed by atoms with van der Waals surface area (Å²) in [7, 11) is 1.58. The van der Waals surface area contributed by atoms with Crippen molar-refractivity contribution in [1.29, 1.82) is 0 Å². The topological polar surface area (TPSA) is 90.4 Å². The van der Waals surface area contributed by atoms with Gasteiger partial charge in [0.25, 0.3) is 5.91 Å². The fourth-order valence-corrected chi connectivity index (χ4v) is 4.50. The van der Waals surface area contributed by atoms with E-state index in [1.807, 2.05) is 36.4 Å². The Kier molecular flexibility index (Phi) is 7.41. The molecule has 4 aromatic carbocycles. The number of hydrogen-bond donors (Lipinski definition) is 2. The minimum absolute atomic E-state index is 0.0466. The lowest BCUT2D eigenvalue weighted by Crippen LogP contribution is -2.25. The third-order valence-corrected chi connectivity index (χ3v) is 6.32. The van der Waals surface area contributed by atoms with Crippen molar-refractivity contribution in [3.8, 4) is 23.0 Å². The molecular weight excluding hydrogens is 538 g/mol. The number of carbonyl (C=O) groups excluding carboxylic acids is 1. The molecule has 8 nitrogen and oxygen atoms in total. The van der Waals surface area contributed by atoms with Crippen molar-refractivity contribution < 1.29 is 23.7 Å². The molecule has 1 heterocycles. The Hall–Kier alpha value is -4.24. The lowest BCUT2D eigenvalue weighted by Gasteiger charge is -2.14. The SMILES string of the molecule is COc1cc(/C=N\NC(=O)CNc2ccc3c(c2)OCO3)cc(Br)c1OCc1cccc2ccccc12. The summed E-state index contributed by atoms with van der Waals surface area (Å²) in [5.41, 5.74) is 5.07. The molecule has 4 aromatic rings. The third kappa shape index (κ3) is 5.78. The molecule has 0 saturated heterocycles. The Balaban J connectivity index is 1.19. The number of nitrogens with one attached hydrogen (secondary N) is 2. The number of rotatable bonds is 9. The average molecular weight is 562 g/mol. The molecule has 1 aliphatic heterocycles. The minimum atomic E-state index is -0.296. The number of nitrogens with zero attached hydrogens (tertiary/aromatic N) is 1. The third-order valence-electron chi connectivity index (χ3n) is 5.73. The molecule has 0 aliphatic carbocycles. The van der Waals surface area contributed by atoms with Gasteiger partial charge < -0.3 is 24.3 Å². The van der Waals surface area contributed by atoms with Crippen LogP contribution in [-0.4, -0.2) is 32.6 Å². The second kappa shape index (κ2) is 11.2. The van der Waals surface area contributed by atoms with Crippen LogP contribution in [0.1, 0.15) is 11.1 Å². The summed E-state index contributed by atoms with van der Waals surface area (Å²) in [4.78, 5) is 12.2. The van der Waals surface area contributed by atoms with Gasteiger partial charge >= 0.3 is 0 Å². The number of ether oxygens (including phenoxy) is 4. The maximum atomic E-state index is 12.2. The van der Waals surface area contributed by atoms with Crippen molar-refractivity contribution >= 4 is 44.5 Å². The monoisotopic (exact) mass is 561 g/mol. The molecule has 0 aromatic heterocycles. The van der Waals surface area contributed by atoms with Gasteiger partial charge in [-0.1, -0.05) is 42.5 Å². The highest BCUT2D eigenvalue weighted by molar-refractivity contribution is 9.10. The summed E-state index contributed by atoms with van der Waals surface area (Å²) in [6, 6.07) is 23.4. The van der Waals surface area contributed by atoms with E-state index in [2.05, 4.69) is 50.0 Å². The Morgan fingerprint density at radius 1 is 1.05 bits per heavy atom. The van der Waals surface area contributed by atoms with Crippen molar-refractivity contribution in [3.63, 3.8) is 0 Å². The van der Waals surface area contributed by atoms with Crippen molar-refractivity contribution in [2.75, 3.05) is 25.8 Å². The molecule has 0 unspecified atom stereocenters. The summed E-state index contributed by atoms with van der Waals surface area (Å²) in [5.74, 6) is 2.17. The lowest BCUT2D eigenvalue weighted by molar-refractivity contribution is -0.119. The quantitative estimate of drug-likeness (QED) is 0.208. The highest BCUT2D eigenvalue weighted by Crippen LogP contribution is 2.37. The molecule has 0 radical (unpaired) electrons. The van der Waals surface area contributed by atoms with Crippen molar-refractivity contribution in [1.82, 2.24) is 5.43 Å². The fraction of sp³-hybridized carbons (Fsp3) is 0.143. The predicted octanol–water partition coefficient (Wildman–Crippen LogP) is 5.48. The maximum absolute atomic E-state index is 12.2. The summed E-state index contributed by atoms with van der Waals surface area (Å²) in [6.45, 7) is 0.632. The maximum Gasteiger partial charge on any atom is 0.259 e. The van der Waals surface area contributed by atoms with Crippen LogP contribution in [0.15, 0.2) is 82.4 Å². The first-order valence-electron chi connectivity index (χ1n) is 11.5. The van der Waals surface area contributed by atoms with Crippen LogP contribution in [-0.2, 0) is 11.4 Å². The molecule has 0 atom stereocenters. The number of anilines is 1. The summed E-state index contributed by atoms with van der Waals surface area (Å²) >= 11 is 3.57. The molecule has 5 rings (SSSR count). The molecule has 1 aliphatic rings. The first-order chi connectivity index (χ1) is 18.1. The van der Waals surface area contributed by atoms with E-state index in [4.69, 9.17) is 18.9 Å². The molecule has 0 saturated carbocycles. The van der Waals surface area contributed by atoms with Gasteiger partial charge in [-0.15, -0.1) is 0 Å². The van der Waals surface area contributed by atoms with Crippen LogP contribution in [0.3, 0.4) is 0 Å². The van der Waals surface area contributed by atoms with Gasteiger partial charge in [0.15, 0.2) is 23.0 Å². The molecular formula is C28H24BrN3O5. The van der Waals surface area contributed by atoms with Crippen molar-refractivity contribution in [2.45, 2.75) is 6.61 Å². The largest absolute Gasteiger partial charge is 0.493 e. The first-order valence-corrected chi connectivity index (χ1v) is 12.3. The number of fused-ring (bicyclic) bond motifs is 2. The van der Waals surface area contributed by atoms with E-state index in [1.165, 1.54) is 0 Å². The van der Waals surface area contributed by atoms with E-state index in [0.717, 1.165) is 27.6 Å². The van der Waals surface area contributed by atoms with Crippen LogP contribution in [0.25, 0.3) is 10.8 Å². The van der Waals surface area contributed by atoms with Crippen molar-refractivity contribution in [3.05, 3.63) is 88.4 Å². The Labute approximate surface area is 222 Å². The van der Waals surface area contributed by atoms with Crippen LogP contribution in [0, 0.1) is 0 Å². The fourth-order valence-electron chi connectivity index (χ4n) is 3.93. The standard InChI is InChI=1S/C28H24BrN3O5/c1-34-26-12-18(14-31-32-27(33)15-30-21-9-10-24-25(13-21)37-17-36-24)11-23(29)28(26)35-16-20-7-4-6-19-5-2-3-8-22(19)20/h2-14,30H,15-17H2,1H3,(H,32,33)/b31-14-. The molecule has 9 heteroatoms. The molecule has 0 bridgehead atoms. The second-order valence-corrected chi connectivity index (χ2v) is 9.03. The Bertz CT molecular complexity index is 1470. The highest BCUT2D eigenvalue weighted by Gasteiger charge is 2.14. The Morgan fingerprint density at radius 2 is 1.89 bits per heavy atom. The van der Waals surface area contributed by atoms with Crippen LogP contribution in [0.4, 0.5) is 5.69 Å². The van der Waals surface area contributed by atoms with Gasteiger partial charge in [-0.25, -0.2) is 5.43 Å². The van der Waals surface area contributed by atoms with E-state index in [1.54, 1.807) is 31.5 Å². The number of amides is 1. The van der Waals surface area contributed by atoms with Crippen LogP contribution >= 0.6 is 15.9 Å². The van der Waals surface area contributed by atoms with E-state index in [9.17, 15) is 4.79 Å². The van der Waals surface area contributed by atoms with E-state index in [-0.39, 0.29) is 19.2 Å². The van der Waals surface area contributed by atoms with Crippen LogP contribution in [0.5, 0.6) is 23.0 Å². The molecule has 0 fully saturated rings. The summed E-state index contributed by atoms with van der Waals surface area (Å²) < 4.78 is 23.0. The van der Waals surface area contributed by atoms with Gasteiger partial charge in [0.1, 0.15) is 6.61 Å². The van der Waals surface area contributed by atoms with Gasteiger partial charge in [-0.3, -0.25) is 4.79 Å². The number of halogens is 1. The van der Waals surface area contributed by atoms with E-state index in [0.29, 0.717) is 34.1 Å². The van der Waals surface area contributed by atoms with Gasteiger partial charge in [-0.2, -0.15) is 5.10 Å². The number of hydrogen-bond acceptors (Lipinski definition) is 7. The second-order valence-electron chi connectivity index (χ2n) is 8.18. The van der Waals surface area contributed by atoms with Gasteiger partial charge in [0, 0.05) is 11.8 Å². The zero-order chi connectivity index (χ0) is 25.6. The van der Waals surface area contributed by atoms with E-state index >= 15 is 0 Å². The zero-order valence-electron chi connectivity index (χ0n) is 20.0. The van der Waals surface area contributed by atoms with Crippen LogP contribution in [0.2, 0.25) is 0 Å². The lowest BCUT2D eigenvalue weighted by atomic mass is 10.1. The molecule has 2 N–H and O–H groups in total. The molecule has 188 valence electrons. The zero-order valence-corrected chi connectivity index (χ0v) is 21.6. The molecule has 0 spiro atoms. The first kappa shape index (κ1) is 24.5. The van der Waals surface area contributed by atoms with Gasteiger partial charge in [0.05, 0.1) is 24.3 Å². The predicted molar refractivity (Wildman–Crippen MR) is 146 cm³/mol. The number of benzene rings is 4. The smallest absolute Gasteiger partial charge is 0.259 e. The van der Waals surface area contributed by atoms with Gasteiger partial charge in [-0.05, 0) is 62.1 Å². The number of hydrazone groups is 1. The summed E-state index contributed by atoms with van der Waals surface area (Å²) in [6.07, 6.45) is 1.54. The van der Waals surface area contributed by atoms with Crippen LogP contribution < -0.4 is 29.7 Å². The number of carbonyl (C=O) groups is 1. The molecule has 37 heavy (non-hydrogen) atoms. The highest BCUT2D eigenvalue weighted by atomic mass is 79.9. The summed E-state index contributed by atoms with van der Waals surface area (Å²) in [5, 5.41) is 9.40. The number of methoxy groups -OCH3 is 1. The average Bonchev–Trinajstić information content (AvgIpc) is 3.39. The van der Waals surface area contributed by atoms with Crippen molar-refractivity contribution in [2.24, 2.45) is 5.10 Å².